The van der Waals surface area contributed by atoms with Gasteiger partial charge in [0, 0.05) is 29.8 Å². The number of likely N-dealkylation sites (tertiary alicyclic amines) is 1. The Morgan fingerprint density at radius 3 is 2.75 bits per heavy atom. The average molecular weight is 352 g/mol. The van der Waals surface area contributed by atoms with Gasteiger partial charge < -0.3 is 10.2 Å². The van der Waals surface area contributed by atoms with Crippen LogP contribution in [-0.2, 0) is 15.0 Å². The van der Waals surface area contributed by atoms with Crippen LogP contribution in [0.15, 0.2) is 5.38 Å². The lowest BCUT2D eigenvalue weighted by Crippen LogP contribution is -2.45. The molecule has 0 aromatic carbocycles. The molecule has 0 aliphatic carbocycles. The lowest BCUT2D eigenvalue weighted by molar-refractivity contribution is -0.138. The van der Waals surface area contributed by atoms with Crippen LogP contribution in [-0.4, -0.2) is 34.8 Å². The first kappa shape index (κ1) is 18.9. The number of nitrogens with zero attached hydrogens (tertiary/aromatic N) is 2. The van der Waals surface area contributed by atoms with E-state index in [2.05, 4.69) is 31.1 Å². The number of nitrogens with one attached hydrogen (secondary N) is 1. The first-order valence-electron chi connectivity index (χ1n) is 8.78. The van der Waals surface area contributed by atoms with E-state index in [0.29, 0.717) is 11.7 Å². The van der Waals surface area contributed by atoms with Crippen molar-refractivity contribution in [3.8, 4) is 0 Å². The second-order valence-corrected chi connectivity index (χ2v) is 8.57. The molecule has 0 unspecified atom stereocenters. The van der Waals surface area contributed by atoms with Crippen molar-refractivity contribution in [2.75, 3.05) is 18.4 Å². The maximum atomic E-state index is 12.6. The predicted molar refractivity (Wildman–Crippen MR) is 98.2 cm³/mol. The van der Waals surface area contributed by atoms with Crippen molar-refractivity contribution in [1.82, 2.24) is 9.88 Å². The van der Waals surface area contributed by atoms with Crippen molar-refractivity contribution in [1.29, 1.82) is 0 Å². The van der Waals surface area contributed by atoms with E-state index in [0.717, 1.165) is 31.5 Å². The van der Waals surface area contributed by atoms with Crippen molar-refractivity contribution >= 4 is 28.3 Å². The smallest absolute Gasteiger partial charge is 0.231 e. The van der Waals surface area contributed by atoms with Gasteiger partial charge in [-0.1, -0.05) is 34.6 Å². The van der Waals surface area contributed by atoms with E-state index in [4.69, 9.17) is 0 Å². The van der Waals surface area contributed by atoms with Gasteiger partial charge in [-0.2, -0.15) is 0 Å². The number of rotatable bonds is 4. The molecule has 2 heterocycles. The molecule has 6 heteroatoms. The number of piperidine rings is 1. The molecule has 1 saturated heterocycles. The van der Waals surface area contributed by atoms with Gasteiger partial charge in [0.15, 0.2) is 5.13 Å². The largest absolute Gasteiger partial charge is 0.342 e. The zero-order valence-electron chi connectivity index (χ0n) is 15.4. The van der Waals surface area contributed by atoms with Gasteiger partial charge in [0.25, 0.3) is 0 Å². The van der Waals surface area contributed by atoms with Crippen LogP contribution in [0.2, 0.25) is 0 Å². The quantitative estimate of drug-likeness (QED) is 0.900. The monoisotopic (exact) mass is 351 g/mol. The molecule has 1 N–H and O–H groups in total. The average Bonchev–Trinajstić information content (AvgIpc) is 3.02. The third-order valence-electron chi connectivity index (χ3n) is 4.64. The molecule has 24 heavy (non-hydrogen) atoms. The number of amides is 2. The normalized spacial score (nSPS) is 19.9. The highest BCUT2D eigenvalue weighted by Gasteiger charge is 2.30. The first-order chi connectivity index (χ1) is 11.2. The van der Waals surface area contributed by atoms with E-state index in [1.165, 1.54) is 11.3 Å². The molecule has 0 spiro atoms. The number of thiazole rings is 1. The third-order valence-corrected chi connectivity index (χ3v) is 5.40. The minimum Gasteiger partial charge on any atom is -0.342 e. The highest BCUT2D eigenvalue weighted by molar-refractivity contribution is 7.13. The van der Waals surface area contributed by atoms with E-state index < -0.39 is 0 Å². The molecule has 0 bridgehead atoms. The zero-order chi connectivity index (χ0) is 17.9. The molecule has 2 rings (SSSR count). The molecule has 134 valence electrons. The van der Waals surface area contributed by atoms with E-state index in [9.17, 15) is 9.59 Å². The predicted octanol–water partition coefficient (Wildman–Crippen LogP) is 3.66. The number of carbonyl (C=O) groups is 2. The molecule has 2 amide bonds. The molecule has 2 atom stereocenters. The van der Waals surface area contributed by atoms with Gasteiger partial charge in [0.2, 0.25) is 11.8 Å². The number of aromatic nitrogens is 1. The SMILES string of the molecule is CC[C@@H](C)C(=O)N1CCC[C@@H](C(=O)Nc2nc(C(C)(C)C)cs2)C1. The Bertz CT molecular complexity index is 591. The molecule has 1 fully saturated rings. The summed E-state index contributed by atoms with van der Waals surface area (Å²) in [4.78, 5) is 31.3. The summed E-state index contributed by atoms with van der Waals surface area (Å²) in [5.74, 6) is 0.0274. The van der Waals surface area contributed by atoms with Crippen LogP contribution in [0.1, 0.15) is 59.6 Å². The number of hydrogen-bond acceptors (Lipinski definition) is 4. The summed E-state index contributed by atoms with van der Waals surface area (Å²) in [6, 6.07) is 0. The Balaban J connectivity index is 1.97. The minimum absolute atomic E-state index is 0.0218. The maximum Gasteiger partial charge on any atom is 0.231 e. The van der Waals surface area contributed by atoms with Gasteiger partial charge >= 0.3 is 0 Å². The van der Waals surface area contributed by atoms with Crippen LogP contribution in [0.3, 0.4) is 0 Å². The lowest BCUT2D eigenvalue weighted by Gasteiger charge is -2.33. The van der Waals surface area contributed by atoms with E-state index in [-0.39, 0.29) is 29.1 Å². The summed E-state index contributed by atoms with van der Waals surface area (Å²) in [6.07, 6.45) is 2.54. The molecule has 1 aliphatic heterocycles. The van der Waals surface area contributed by atoms with Crippen LogP contribution < -0.4 is 5.32 Å². The Morgan fingerprint density at radius 1 is 1.46 bits per heavy atom. The highest BCUT2D eigenvalue weighted by atomic mass is 32.1. The molecular formula is C18H29N3O2S. The number of hydrogen-bond donors (Lipinski definition) is 1. The fourth-order valence-corrected chi connectivity index (χ4v) is 3.70. The Kier molecular flexibility index (Phi) is 6.01. The maximum absolute atomic E-state index is 12.6. The molecule has 0 radical (unpaired) electrons. The zero-order valence-corrected chi connectivity index (χ0v) is 16.2. The van der Waals surface area contributed by atoms with Crippen LogP contribution in [0.25, 0.3) is 0 Å². The van der Waals surface area contributed by atoms with Gasteiger partial charge in [-0.15, -0.1) is 11.3 Å². The minimum atomic E-state index is -0.145. The Morgan fingerprint density at radius 2 is 2.17 bits per heavy atom. The second-order valence-electron chi connectivity index (χ2n) is 7.71. The van der Waals surface area contributed by atoms with E-state index >= 15 is 0 Å². The van der Waals surface area contributed by atoms with Crippen molar-refractivity contribution in [2.45, 2.75) is 59.3 Å². The number of carbonyl (C=O) groups excluding carboxylic acids is 2. The fourth-order valence-electron chi connectivity index (χ4n) is 2.76. The van der Waals surface area contributed by atoms with E-state index in [1.54, 1.807) is 0 Å². The van der Waals surface area contributed by atoms with Crippen LogP contribution >= 0.6 is 11.3 Å². The molecule has 1 aromatic heterocycles. The summed E-state index contributed by atoms with van der Waals surface area (Å²) in [5, 5.41) is 5.58. The van der Waals surface area contributed by atoms with Gasteiger partial charge in [-0.05, 0) is 19.3 Å². The summed E-state index contributed by atoms with van der Waals surface area (Å²) < 4.78 is 0. The first-order valence-corrected chi connectivity index (χ1v) is 9.66. The molecule has 5 nitrogen and oxygen atoms in total. The Hall–Kier alpha value is -1.43. The van der Waals surface area contributed by atoms with E-state index in [1.807, 2.05) is 24.1 Å². The molecule has 1 aromatic rings. The number of anilines is 1. The molecule has 0 saturated carbocycles. The van der Waals surface area contributed by atoms with Gasteiger partial charge in [0.05, 0.1) is 11.6 Å². The van der Waals surface area contributed by atoms with Gasteiger partial charge in [-0.25, -0.2) is 4.98 Å². The van der Waals surface area contributed by atoms with Crippen LogP contribution in [0.4, 0.5) is 5.13 Å². The third kappa shape index (κ3) is 4.56. The van der Waals surface area contributed by atoms with Crippen molar-refractivity contribution < 1.29 is 9.59 Å². The summed E-state index contributed by atoms with van der Waals surface area (Å²) in [6.45, 7) is 11.6. The van der Waals surface area contributed by atoms with Gasteiger partial charge in [-0.3, -0.25) is 9.59 Å². The van der Waals surface area contributed by atoms with Crippen molar-refractivity contribution in [3.05, 3.63) is 11.1 Å². The topological polar surface area (TPSA) is 62.3 Å². The second kappa shape index (κ2) is 7.64. The Labute approximate surface area is 148 Å². The van der Waals surface area contributed by atoms with Crippen LogP contribution in [0.5, 0.6) is 0 Å². The fraction of sp³-hybridized carbons (Fsp3) is 0.722. The highest BCUT2D eigenvalue weighted by Crippen LogP contribution is 2.27. The summed E-state index contributed by atoms with van der Waals surface area (Å²) >= 11 is 1.46. The van der Waals surface area contributed by atoms with Crippen molar-refractivity contribution in [2.24, 2.45) is 11.8 Å². The standard InChI is InChI=1S/C18H29N3O2S/c1-6-12(2)16(23)21-9-7-8-13(10-21)15(22)20-17-19-14(11-24-17)18(3,4)5/h11-13H,6-10H2,1-5H3,(H,19,20,22)/t12-,13-/m1/s1. The lowest BCUT2D eigenvalue weighted by atomic mass is 9.93. The summed E-state index contributed by atoms with van der Waals surface area (Å²) in [7, 11) is 0. The van der Waals surface area contributed by atoms with Crippen LogP contribution in [0, 0.1) is 11.8 Å². The van der Waals surface area contributed by atoms with Gasteiger partial charge in [0.1, 0.15) is 0 Å². The molecular weight excluding hydrogens is 322 g/mol. The van der Waals surface area contributed by atoms with Crippen molar-refractivity contribution in [3.63, 3.8) is 0 Å². The summed E-state index contributed by atoms with van der Waals surface area (Å²) in [5.41, 5.74) is 0.962. The molecule has 1 aliphatic rings.